The quantitative estimate of drug-likeness (QED) is 0.568. The third kappa shape index (κ3) is 2.66. The first-order valence-corrected chi connectivity index (χ1v) is 7.22. The Kier molecular flexibility index (Phi) is 3.95. The monoisotopic (exact) mass is 277 g/mol. The molecule has 0 fully saturated rings. The third-order valence-electron chi connectivity index (χ3n) is 3.86. The molecule has 1 atom stereocenters. The third-order valence-corrected chi connectivity index (χ3v) is 3.86. The largest absolute Gasteiger partial charge is 0.271 e. The van der Waals surface area contributed by atoms with Crippen molar-refractivity contribution in [3.63, 3.8) is 0 Å². The van der Waals surface area contributed by atoms with E-state index in [1.807, 2.05) is 18.3 Å². The number of hydrogen-bond donors (Lipinski definition) is 2. The highest BCUT2D eigenvalue weighted by atomic mass is 15.2. The van der Waals surface area contributed by atoms with Crippen molar-refractivity contribution in [2.24, 2.45) is 5.84 Å². The molecule has 3 rings (SSSR count). The number of para-hydroxylation sites is 1. The van der Waals surface area contributed by atoms with E-state index in [-0.39, 0.29) is 6.04 Å². The van der Waals surface area contributed by atoms with Gasteiger partial charge in [-0.2, -0.15) is 0 Å². The lowest BCUT2D eigenvalue weighted by atomic mass is 9.96. The lowest BCUT2D eigenvalue weighted by Gasteiger charge is -2.18. The summed E-state index contributed by atoms with van der Waals surface area (Å²) in [6.45, 7) is 2.16. The average molecular weight is 277 g/mol. The minimum atomic E-state index is -0.0606. The highest BCUT2D eigenvalue weighted by molar-refractivity contribution is 5.82. The molecule has 0 radical (unpaired) electrons. The summed E-state index contributed by atoms with van der Waals surface area (Å²) in [7, 11) is 0. The molecule has 1 unspecified atom stereocenters. The van der Waals surface area contributed by atoms with E-state index in [1.54, 1.807) is 0 Å². The van der Waals surface area contributed by atoms with Gasteiger partial charge in [-0.05, 0) is 23.6 Å². The first-order chi connectivity index (χ1) is 10.3. The van der Waals surface area contributed by atoms with Crippen LogP contribution in [0.5, 0.6) is 0 Å². The Hall–Kier alpha value is -2.23. The van der Waals surface area contributed by atoms with Crippen molar-refractivity contribution in [1.29, 1.82) is 0 Å². The summed E-state index contributed by atoms with van der Waals surface area (Å²) in [5.41, 5.74) is 7.48. The topological polar surface area (TPSA) is 50.9 Å². The number of pyridine rings is 1. The molecule has 0 saturated carbocycles. The van der Waals surface area contributed by atoms with Crippen LogP contribution in [0.3, 0.4) is 0 Å². The normalized spacial score (nSPS) is 12.5. The predicted octanol–water partition coefficient (Wildman–Crippen LogP) is 3.35. The average Bonchev–Trinajstić information content (AvgIpc) is 2.56. The van der Waals surface area contributed by atoms with Crippen molar-refractivity contribution in [3.8, 4) is 0 Å². The number of nitrogens with two attached hydrogens (primary N) is 1. The zero-order valence-electron chi connectivity index (χ0n) is 12.1. The lowest BCUT2D eigenvalue weighted by molar-refractivity contribution is 0.640. The van der Waals surface area contributed by atoms with Crippen LogP contribution < -0.4 is 11.3 Å². The molecule has 1 aromatic heterocycles. The molecule has 1 heterocycles. The van der Waals surface area contributed by atoms with Crippen LogP contribution in [0.4, 0.5) is 0 Å². The van der Waals surface area contributed by atoms with Crippen LogP contribution in [0.1, 0.15) is 29.7 Å². The standard InChI is InChI=1S/C18H19N3/c1-2-13-8-10-15(11-9-13)18(21-19)16-7-3-5-14-6-4-12-20-17(14)16/h3-12,18,21H,2,19H2,1H3. The fourth-order valence-electron chi connectivity index (χ4n) is 2.67. The van der Waals surface area contributed by atoms with Crippen LogP contribution >= 0.6 is 0 Å². The molecule has 0 amide bonds. The van der Waals surface area contributed by atoms with E-state index >= 15 is 0 Å². The van der Waals surface area contributed by atoms with Gasteiger partial charge in [0.1, 0.15) is 0 Å². The molecule has 3 heteroatoms. The molecule has 3 aromatic rings. The molecule has 0 aliphatic heterocycles. The first kappa shape index (κ1) is 13.7. The Balaban J connectivity index is 2.09. The van der Waals surface area contributed by atoms with E-state index in [0.29, 0.717) is 0 Å². The molecule has 3 N–H and O–H groups in total. The second kappa shape index (κ2) is 6.04. The van der Waals surface area contributed by atoms with Gasteiger partial charge in [0.2, 0.25) is 0 Å². The van der Waals surface area contributed by atoms with Crippen LogP contribution in [0, 0.1) is 0 Å². The Labute approximate surface area is 124 Å². The molecule has 0 bridgehead atoms. The van der Waals surface area contributed by atoms with Crippen LogP contribution in [-0.4, -0.2) is 4.98 Å². The molecule has 0 saturated heterocycles. The van der Waals surface area contributed by atoms with Crippen LogP contribution in [0.2, 0.25) is 0 Å². The van der Waals surface area contributed by atoms with Crippen molar-refractivity contribution in [3.05, 3.63) is 77.5 Å². The van der Waals surface area contributed by atoms with Crippen molar-refractivity contribution < 1.29 is 0 Å². The molecule has 3 nitrogen and oxygen atoms in total. The maximum atomic E-state index is 5.82. The number of hydrazine groups is 1. The van der Waals surface area contributed by atoms with Crippen LogP contribution in [0.15, 0.2) is 60.8 Å². The number of nitrogens with zero attached hydrogens (tertiary/aromatic N) is 1. The Morgan fingerprint density at radius 1 is 1.05 bits per heavy atom. The molecular weight excluding hydrogens is 258 g/mol. The van der Waals surface area contributed by atoms with Crippen LogP contribution in [0.25, 0.3) is 10.9 Å². The number of fused-ring (bicyclic) bond motifs is 1. The highest BCUT2D eigenvalue weighted by Gasteiger charge is 2.15. The number of hydrogen-bond acceptors (Lipinski definition) is 3. The lowest BCUT2D eigenvalue weighted by Crippen LogP contribution is -2.29. The van der Waals surface area contributed by atoms with Gasteiger partial charge < -0.3 is 0 Å². The van der Waals surface area contributed by atoms with Crippen molar-refractivity contribution in [2.75, 3.05) is 0 Å². The molecule has 21 heavy (non-hydrogen) atoms. The number of benzene rings is 2. The predicted molar refractivity (Wildman–Crippen MR) is 86.7 cm³/mol. The summed E-state index contributed by atoms with van der Waals surface area (Å²) in [5, 5.41) is 1.13. The zero-order valence-corrected chi connectivity index (χ0v) is 12.1. The van der Waals surface area contributed by atoms with Gasteiger partial charge in [-0.25, -0.2) is 5.43 Å². The fraction of sp³-hybridized carbons (Fsp3) is 0.167. The van der Waals surface area contributed by atoms with Gasteiger partial charge in [0, 0.05) is 17.1 Å². The minimum absolute atomic E-state index is 0.0606. The van der Waals surface area contributed by atoms with Crippen molar-refractivity contribution in [1.82, 2.24) is 10.4 Å². The Morgan fingerprint density at radius 2 is 1.81 bits per heavy atom. The Bertz CT molecular complexity index is 730. The van der Waals surface area contributed by atoms with E-state index in [9.17, 15) is 0 Å². The molecule has 2 aromatic carbocycles. The SMILES string of the molecule is CCc1ccc(C(NN)c2cccc3cccnc23)cc1. The van der Waals surface area contributed by atoms with Crippen molar-refractivity contribution in [2.45, 2.75) is 19.4 Å². The second-order valence-electron chi connectivity index (χ2n) is 5.12. The summed E-state index contributed by atoms with van der Waals surface area (Å²) >= 11 is 0. The van der Waals surface area contributed by atoms with Crippen LogP contribution in [-0.2, 0) is 6.42 Å². The molecular formula is C18H19N3. The minimum Gasteiger partial charge on any atom is -0.271 e. The first-order valence-electron chi connectivity index (χ1n) is 7.22. The second-order valence-corrected chi connectivity index (χ2v) is 5.12. The van der Waals surface area contributed by atoms with Gasteiger partial charge in [0.15, 0.2) is 0 Å². The fourth-order valence-corrected chi connectivity index (χ4v) is 2.67. The van der Waals surface area contributed by atoms with Gasteiger partial charge in [0.25, 0.3) is 0 Å². The Morgan fingerprint density at radius 3 is 2.52 bits per heavy atom. The summed E-state index contributed by atoms with van der Waals surface area (Å²) in [6, 6.07) is 18.7. The van der Waals surface area contributed by atoms with E-state index < -0.39 is 0 Å². The van der Waals surface area contributed by atoms with Gasteiger partial charge in [-0.15, -0.1) is 0 Å². The number of aromatic nitrogens is 1. The van der Waals surface area contributed by atoms with Gasteiger partial charge in [0.05, 0.1) is 11.6 Å². The molecule has 0 aliphatic carbocycles. The maximum absolute atomic E-state index is 5.82. The van der Waals surface area contributed by atoms with Gasteiger partial charge in [-0.1, -0.05) is 55.5 Å². The smallest absolute Gasteiger partial charge is 0.0753 e. The molecule has 0 aliphatic rings. The van der Waals surface area contributed by atoms with E-state index in [0.717, 1.165) is 28.5 Å². The number of nitrogens with one attached hydrogen (secondary N) is 1. The summed E-state index contributed by atoms with van der Waals surface area (Å²) in [6.07, 6.45) is 2.86. The van der Waals surface area contributed by atoms with Crippen molar-refractivity contribution >= 4 is 10.9 Å². The van der Waals surface area contributed by atoms with Gasteiger partial charge in [-0.3, -0.25) is 10.8 Å². The summed E-state index contributed by atoms with van der Waals surface area (Å²) in [5.74, 6) is 5.82. The van der Waals surface area contributed by atoms with E-state index in [2.05, 4.69) is 59.8 Å². The van der Waals surface area contributed by atoms with E-state index in [1.165, 1.54) is 5.56 Å². The maximum Gasteiger partial charge on any atom is 0.0753 e. The molecule has 106 valence electrons. The summed E-state index contributed by atoms with van der Waals surface area (Å²) in [4.78, 5) is 4.51. The number of aryl methyl sites for hydroxylation is 1. The van der Waals surface area contributed by atoms with Gasteiger partial charge >= 0.3 is 0 Å². The highest BCUT2D eigenvalue weighted by Crippen LogP contribution is 2.27. The number of rotatable bonds is 4. The molecule has 0 spiro atoms. The van der Waals surface area contributed by atoms with E-state index in [4.69, 9.17) is 5.84 Å². The zero-order chi connectivity index (χ0) is 14.7. The summed E-state index contributed by atoms with van der Waals surface area (Å²) < 4.78 is 0.